The first-order valence-corrected chi connectivity index (χ1v) is 7.43. The summed E-state index contributed by atoms with van der Waals surface area (Å²) in [6.45, 7) is 5.75. The Kier molecular flexibility index (Phi) is 4.23. The van der Waals surface area contributed by atoms with Crippen LogP contribution >= 0.6 is 0 Å². The molecular weight excluding hydrogens is 260 g/mol. The number of aryl methyl sites for hydroxylation is 1. The zero-order valence-corrected chi connectivity index (χ0v) is 12.5. The first-order valence-electron chi connectivity index (χ1n) is 7.43. The molecule has 2 aromatic rings. The Balaban J connectivity index is 1.43. The second-order valence-electron chi connectivity index (χ2n) is 5.86. The zero-order valence-electron chi connectivity index (χ0n) is 12.5. The van der Waals surface area contributed by atoms with Crippen LogP contribution in [0.2, 0.25) is 0 Å². The van der Waals surface area contributed by atoms with Crippen molar-refractivity contribution in [2.24, 2.45) is 0 Å². The highest BCUT2D eigenvalue weighted by molar-refractivity contribution is 5.44. The summed E-state index contributed by atoms with van der Waals surface area (Å²) < 4.78 is 5.91. The van der Waals surface area contributed by atoms with E-state index in [0.29, 0.717) is 12.7 Å². The highest BCUT2D eigenvalue weighted by atomic mass is 16.5. The summed E-state index contributed by atoms with van der Waals surface area (Å²) in [6, 6.07) is 16.6. The molecule has 0 aliphatic carbocycles. The van der Waals surface area contributed by atoms with Gasteiger partial charge >= 0.3 is 0 Å². The number of anilines is 1. The van der Waals surface area contributed by atoms with Gasteiger partial charge in [-0.3, -0.25) is 4.90 Å². The van der Waals surface area contributed by atoms with Crippen LogP contribution in [0.15, 0.2) is 48.5 Å². The molecule has 0 aromatic heterocycles. The van der Waals surface area contributed by atoms with Crippen LogP contribution in [-0.4, -0.2) is 24.1 Å². The van der Waals surface area contributed by atoms with Crippen molar-refractivity contribution in [2.45, 2.75) is 26.2 Å². The lowest BCUT2D eigenvalue weighted by Gasteiger charge is -2.39. The highest BCUT2D eigenvalue weighted by Gasteiger charge is 2.27. The van der Waals surface area contributed by atoms with E-state index >= 15 is 0 Å². The van der Waals surface area contributed by atoms with Crippen LogP contribution in [0, 0.1) is 6.92 Å². The molecule has 3 heteroatoms. The quantitative estimate of drug-likeness (QED) is 0.857. The maximum absolute atomic E-state index is 5.91. The van der Waals surface area contributed by atoms with E-state index in [1.807, 2.05) is 24.3 Å². The van der Waals surface area contributed by atoms with Gasteiger partial charge in [-0.15, -0.1) is 0 Å². The van der Waals surface area contributed by atoms with Crippen LogP contribution in [0.25, 0.3) is 0 Å². The molecule has 2 aromatic carbocycles. The minimum Gasteiger partial charge on any atom is -0.399 e. The summed E-state index contributed by atoms with van der Waals surface area (Å²) in [6.07, 6.45) is 0.354. The molecule has 110 valence electrons. The van der Waals surface area contributed by atoms with Crippen molar-refractivity contribution in [1.82, 2.24) is 4.90 Å². The third-order valence-corrected chi connectivity index (χ3v) is 3.82. The molecule has 1 saturated heterocycles. The fourth-order valence-corrected chi connectivity index (χ4v) is 2.79. The maximum atomic E-state index is 5.91. The molecule has 0 bridgehead atoms. The van der Waals surface area contributed by atoms with E-state index in [9.17, 15) is 0 Å². The van der Waals surface area contributed by atoms with Crippen molar-refractivity contribution in [2.75, 3.05) is 18.8 Å². The Morgan fingerprint density at radius 1 is 1.10 bits per heavy atom. The number of rotatable bonds is 5. The lowest BCUT2D eigenvalue weighted by molar-refractivity contribution is -0.0658. The first-order chi connectivity index (χ1) is 10.2. The summed E-state index contributed by atoms with van der Waals surface area (Å²) in [4.78, 5) is 2.39. The number of hydrogen-bond acceptors (Lipinski definition) is 3. The molecule has 1 fully saturated rings. The van der Waals surface area contributed by atoms with Gasteiger partial charge in [-0.25, -0.2) is 0 Å². The van der Waals surface area contributed by atoms with Crippen LogP contribution in [0.1, 0.15) is 16.7 Å². The summed E-state index contributed by atoms with van der Waals surface area (Å²) in [7, 11) is 0. The van der Waals surface area contributed by atoms with Crippen molar-refractivity contribution in [3.8, 4) is 0 Å². The largest absolute Gasteiger partial charge is 0.399 e. The van der Waals surface area contributed by atoms with Gasteiger partial charge in [-0.2, -0.15) is 0 Å². The number of hydrogen-bond donors (Lipinski definition) is 1. The molecule has 3 rings (SSSR count). The van der Waals surface area contributed by atoms with E-state index < -0.39 is 0 Å². The standard InChI is InChI=1S/C18H22N2O/c1-14-7-16(9-17(19)8-14)10-20-11-18(12-20)21-13-15-5-3-2-4-6-15/h2-9,18H,10-13,19H2,1H3. The van der Waals surface area contributed by atoms with Gasteiger partial charge in [0.25, 0.3) is 0 Å². The van der Waals surface area contributed by atoms with Crippen molar-refractivity contribution >= 4 is 5.69 Å². The molecule has 0 amide bonds. The Morgan fingerprint density at radius 3 is 2.57 bits per heavy atom. The molecule has 0 radical (unpaired) electrons. The number of ether oxygens (including phenoxy) is 1. The van der Waals surface area contributed by atoms with Gasteiger partial charge in [0, 0.05) is 25.3 Å². The predicted octanol–water partition coefficient (Wildman–Crippen LogP) is 2.98. The molecule has 1 aliphatic heterocycles. The number of nitrogens with two attached hydrogens (primary N) is 1. The third kappa shape index (κ3) is 3.84. The lowest BCUT2D eigenvalue weighted by atomic mass is 10.1. The van der Waals surface area contributed by atoms with E-state index in [-0.39, 0.29) is 0 Å². The Morgan fingerprint density at radius 2 is 1.86 bits per heavy atom. The summed E-state index contributed by atoms with van der Waals surface area (Å²) >= 11 is 0. The Labute approximate surface area is 126 Å². The van der Waals surface area contributed by atoms with Crippen molar-refractivity contribution in [3.05, 3.63) is 65.2 Å². The molecule has 0 spiro atoms. The van der Waals surface area contributed by atoms with Crippen molar-refractivity contribution in [3.63, 3.8) is 0 Å². The third-order valence-electron chi connectivity index (χ3n) is 3.82. The SMILES string of the molecule is Cc1cc(N)cc(CN2CC(OCc3ccccc3)C2)c1. The van der Waals surface area contributed by atoms with Gasteiger partial charge in [-0.1, -0.05) is 36.4 Å². The predicted molar refractivity (Wildman–Crippen MR) is 85.9 cm³/mol. The summed E-state index contributed by atoms with van der Waals surface area (Å²) in [5.74, 6) is 0. The monoisotopic (exact) mass is 282 g/mol. The van der Waals surface area contributed by atoms with Crippen LogP contribution in [-0.2, 0) is 17.9 Å². The number of likely N-dealkylation sites (tertiary alicyclic amines) is 1. The van der Waals surface area contributed by atoms with Crippen LogP contribution < -0.4 is 5.73 Å². The molecule has 1 aliphatic rings. The number of benzene rings is 2. The highest BCUT2D eigenvalue weighted by Crippen LogP contribution is 2.19. The molecule has 0 atom stereocenters. The molecule has 0 unspecified atom stereocenters. The van der Waals surface area contributed by atoms with Crippen LogP contribution in [0.4, 0.5) is 5.69 Å². The Bertz CT molecular complexity index is 571. The van der Waals surface area contributed by atoms with E-state index in [0.717, 1.165) is 25.3 Å². The maximum Gasteiger partial charge on any atom is 0.0833 e. The topological polar surface area (TPSA) is 38.5 Å². The molecular formula is C18H22N2O. The minimum atomic E-state index is 0.354. The fraction of sp³-hybridized carbons (Fsp3) is 0.333. The van der Waals surface area contributed by atoms with E-state index in [2.05, 4.69) is 36.1 Å². The van der Waals surface area contributed by atoms with Crippen LogP contribution in [0.5, 0.6) is 0 Å². The fourth-order valence-electron chi connectivity index (χ4n) is 2.79. The van der Waals surface area contributed by atoms with Gasteiger partial charge in [-0.05, 0) is 35.7 Å². The van der Waals surface area contributed by atoms with E-state index in [4.69, 9.17) is 10.5 Å². The average molecular weight is 282 g/mol. The zero-order chi connectivity index (χ0) is 14.7. The smallest absolute Gasteiger partial charge is 0.0833 e. The van der Waals surface area contributed by atoms with Gasteiger partial charge in [0.1, 0.15) is 0 Å². The van der Waals surface area contributed by atoms with Gasteiger partial charge in [0.15, 0.2) is 0 Å². The van der Waals surface area contributed by atoms with Gasteiger partial charge < -0.3 is 10.5 Å². The molecule has 0 saturated carbocycles. The molecule has 2 N–H and O–H groups in total. The second-order valence-corrected chi connectivity index (χ2v) is 5.86. The first kappa shape index (κ1) is 14.1. The van der Waals surface area contributed by atoms with Crippen molar-refractivity contribution in [1.29, 1.82) is 0 Å². The van der Waals surface area contributed by atoms with Gasteiger partial charge in [0.05, 0.1) is 12.7 Å². The number of nitrogens with zero attached hydrogens (tertiary/aromatic N) is 1. The second kappa shape index (κ2) is 6.29. The number of nitrogen functional groups attached to an aromatic ring is 1. The molecule has 1 heterocycles. The lowest BCUT2D eigenvalue weighted by Crippen LogP contribution is -2.51. The normalized spacial score (nSPS) is 15.9. The summed E-state index contributed by atoms with van der Waals surface area (Å²) in [5.41, 5.74) is 10.5. The molecule has 21 heavy (non-hydrogen) atoms. The minimum absolute atomic E-state index is 0.354. The summed E-state index contributed by atoms with van der Waals surface area (Å²) in [5, 5.41) is 0. The van der Waals surface area contributed by atoms with Crippen molar-refractivity contribution < 1.29 is 4.74 Å². The van der Waals surface area contributed by atoms with E-state index in [1.165, 1.54) is 16.7 Å². The Hall–Kier alpha value is -1.84. The van der Waals surface area contributed by atoms with E-state index in [1.54, 1.807) is 0 Å². The van der Waals surface area contributed by atoms with Crippen LogP contribution in [0.3, 0.4) is 0 Å². The van der Waals surface area contributed by atoms with Gasteiger partial charge in [0.2, 0.25) is 0 Å². The molecule has 3 nitrogen and oxygen atoms in total. The average Bonchev–Trinajstić information content (AvgIpc) is 2.41.